The zero-order valence-electron chi connectivity index (χ0n) is 9.20. The number of nitrogens with one attached hydrogen (secondary N) is 1. The maximum absolute atomic E-state index is 11.3. The summed E-state index contributed by atoms with van der Waals surface area (Å²) in [6.07, 6.45) is 0. The number of carbonyl (C=O) groups is 1. The van der Waals surface area contributed by atoms with Gasteiger partial charge < -0.3 is 16.0 Å². The summed E-state index contributed by atoms with van der Waals surface area (Å²) < 4.78 is 0.602. The minimum atomic E-state index is -0.0935. The van der Waals surface area contributed by atoms with Crippen LogP contribution in [-0.4, -0.2) is 36.0 Å². The summed E-state index contributed by atoms with van der Waals surface area (Å²) in [6, 6.07) is 1.61. The molecule has 0 unspecified atom stereocenters. The SMILES string of the molecule is CCN(CC(=O)NC)c1nc(N)cc(Br)n1. The van der Waals surface area contributed by atoms with E-state index in [-0.39, 0.29) is 12.5 Å². The smallest absolute Gasteiger partial charge is 0.239 e. The molecule has 16 heavy (non-hydrogen) atoms. The molecular weight excluding hydrogens is 274 g/mol. The van der Waals surface area contributed by atoms with Gasteiger partial charge in [0.15, 0.2) is 0 Å². The van der Waals surface area contributed by atoms with Crippen LogP contribution in [0.1, 0.15) is 6.92 Å². The van der Waals surface area contributed by atoms with E-state index in [9.17, 15) is 4.79 Å². The molecule has 0 radical (unpaired) electrons. The number of halogens is 1. The maximum atomic E-state index is 11.3. The molecule has 1 rings (SSSR count). The molecule has 0 saturated heterocycles. The third kappa shape index (κ3) is 3.34. The van der Waals surface area contributed by atoms with E-state index < -0.39 is 0 Å². The highest BCUT2D eigenvalue weighted by molar-refractivity contribution is 9.10. The van der Waals surface area contributed by atoms with Crippen molar-refractivity contribution in [3.05, 3.63) is 10.7 Å². The van der Waals surface area contributed by atoms with Crippen LogP contribution in [0.5, 0.6) is 0 Å². The van der Waals surface area contributed by atoms with Gasteiger partial charge in [-0.3, -0.25) is 4.79 Å². The summed E-state index contributed by atoms with van der Waals surface area (Å²) in [5.74, 6) is 0.717. The fraction of sp³-hybridized carbons (Fsp3) is 0.444. The minimum absolute atomic E-state index is 0.0935. The van der Waals surface area contributed by atoms with Crippen molar-refractivity contribution in [1.82, 2.24) is 15.3 Å². The first kappa shape index (κ1) is 12.7. The number of amides is 1. The molecule has 0 fully saturated rings. The van der Waals surface area contributed by atoms with Gasteiger partial charge in [-0.05, 0) is 22.9 Å². The lowest BCUT2D eigenvalue weighted by atomic mass is 10.4. The molecule has 3 N–H and O–H groups in total. The fourth-order valence-corrected chi connectivity index (χ4v) is 1.53. The number of rotatable bonds is 4. The zero-order valence-corrected chi connectivity index (χ0v) is 10.8. The Balaban J connectivity index is 2.90. The van der Waals surface area contributed by atoms with E-state index in [1.807, 2.05) is 6.92 Å². The average Bonchev–Trinajstić information content (AvgIpc) is 2.24. The Hall–Kier alpha value is -1.37. The molecule has 1 heterocycles. The first-order chi connectivity index (χ1) is 7.56. The summed E-state index contributed by atoms with van der Waals surface area (Å²) in [4.78, 5) is 21.2. The van der Waals surface area contributed by atoms with Gasteiger partial charge >= 0.3 is 0 Å². The first-order valence-corrected chi connectivity index (χ1v) is 5.61. The van der Waals surface area contributed by atoms with Crippen LogP contribution >= 0.6 is 15.9 Å². The van der Waals surface area contributed by atoms with E-state index in [1.54, 1.807) is 18.0 Å². The molecule has 0 aliphatic carbocycles. The number of hydrogen-bond donors (Lipinski definition) is 2. The molecule has 0 bridgehead atoms. The molecule has 1 aromatic rings. The maximum Gasteiger partial charge on any atom is 0.239 e. The number of aromatic nitrogens is 2. The van der Waals surface area contributed by atoms with Gasteiger partial charge in [0.05, 0.1) is 6.54 Å². The average molecular weight is 288 g/mol. The Kier molecular flexibility index (Phi) is 4.48. The first-order valence-electron chi connectivity index (χ1n) is 4.82. The molecule has 0 aromatic carbocycles. The van der Waals surface area contributed by atoms with Crippen LogP contribution in [0.25, 0.3) is 0 Å². The molecule has 1 aromatic heterocycles. The van der Waals surface area contributed by atoms with Crippen molar-refractivity contribution >= 4 is 33.6 Å². The van der Waals surface area contributed by atoms with Crippen LogP contribution < -0.4 is 16.0 Å². The highest BCUT2D eigenvalue weighted by atomic mass is 79.9. The van der Waals surface area contributed by atoms with Gasteiger partial charge in [-0.25, -0.2) is 4.98 Å². The van der Waals surface area contributed by atoms with Gasteiger partial charge in [0.25, 0.3) is 0 Å². The molecule has 88 valence electrons. The molecule has 7 heteroatoms. The molecule has 0 spiro atoms. The van der Waals surface area contributed by atoms with Crippen LogP contribution in [0.15, 0.2) is 10.7 Å². The minimum Gasteiger partial charge on any atom is -0.383 e. The molecule has 0 atom stereocenters. The van der Waals surface area contributed by atoms with Gasteiger partial charge in [-0.15, -0.1) is 0 Å². The van der Waals surface area contributed by atoms with Crippen LogP contribution in [-0.2, 0) is 4.79 Å². The highest BCUT2D eigenvalue weighted by Crippen LogP contribution is 2.15. The quantitative estimate of drug-likeness (QED) is 0.783. The highest BCUT2D eigenvalue weighted by Gasteiger charge is 2.12. The van der Waals surface area contributed by atoms with Crippen LogP contribution in [0.4, 0.5) is 11.8 Å². The van der Waals surface area contributed by atoms with Crippen molar-refractivity contribution in [2.45, 2.75) is 6.92 Å². The Morgan fingerprint density at radius 3 is 2.81 bits per heavy atom. The van der Waals surface area contributed by atoms with Gasteiger partial charge in [-0.1, -0.05) is 0 Å². The van der Waals surface area contributed by atoms with Crippen LogP contribution in [0.3, 0.4) is 0 Å². The largest absolute Gasteiger partial charge is 0.383 e. The van der Waals surface area contributed by atoms with Crippen molar-refractivity contribution in [3.8, 4) is 0 Å². The molecule has 6 nitrogen and oxygen atoms in total. The van der Waals surface area contributed by atoms with Crippen molar-refractivity contribution < 1.29 is 4.79 Å². The Bertz CT molecular complexity index is 364. The van der Waals surface area contributed by atoms with E-state index in [0.717, 1.165) is 0 Å². The fourth-order valence-electron chi connectivity index (χ4n) is 1.14. The van der Waals surface area contributed by atoms with Crippen molar-refractivity contribution in [2.75, 3.05) is 30.8 Å². The second kappa shape index (κ2) is 5.64. The lowest BCUT2D eigenvalue weighted by Gasteiger charge is -2.19. The lowest BCUT2D eigenvalue weighted by molar-refractivity contribution is -0.119. The van der Waals surface area contributed by atoms with E-state index in [2.05, 4.69) is 31.2 Å². The molecule has 0 aliphatic heterocycles. The van der Waals surface area contributed by atoms with Gasteiger partial charge in [0.1, 0.15) is 10.4 Å². The second-order valence-corrected chi connectivity index (χ2v) is 3.92. The lowest BCUT2D eigenvalue weighted by Crippen LogP contribution is -2.36. The summed E-state index contributed by atoms with van der Waals surface area (Å²) in [6.45, 7) is 2.76. The topological polar surface area (TPSA) is 84.1 Å². The third-order valence-corrected chi connectivity index (χ3v) is 2.39. The number of carbonyl (C=O) groups excluding carboxylic acids is 1. The van der Waals surface area contributed by atoms with Gasteiger partial charge in [-0.2, -0.15) is 4.98 Å². The number of anilines is 2. The molecular formula is C9H14BrN5O. The monoisotopic (exact) mass is 287 g/mol. The third-order valence-electron chi connectivity index (χ3n) is 1.98. The normalized spacial score (nSPS) is 9.94. The van der Waals surface area contributed by atoms with Crippen molar-refractivity contribution in [3.63, 3.8) is 0 Å². The summed E-state index contributed by atoms with van der Waals surface area (Å²) in [5, 5.41) is 2.55. The van der Waals surface area contributed by atoms with Gasteiger partial charge in [0.2, 0.25) is 11.9 Å². The van der Waals surface area contributed by atoms with Crippen LogP contribution in [0, 0.1) is 0 Å². The van der Waals surface area contributed by atoms with E-state index in [4.69, 9.17) is 5.73 Å². The predicted molar refractivity (Wildman–Crippen MR) is 66.1 cm³/mol. The number of nitrogens with zero attached hydrogens (tertiary/aromatic N) is 3. The van der Waals surface area contributed by atoms with Crippen molar-refractivity contribution in [2.24, 2.45) is 0 Å². The Morgan fingerprint density at radius 1 is 1.62 bits per heavy atom. The predicted octanol–water partition coefficient (Wildman–Crippen LogP) is 0.394. The summed E-state index contributed by atoms with van der Waals surface area (Å²) in [7, 11) is 1.59. The summed E-state index contributed by atoms with van der Waals surface area (Å²) in [5.41, 5.74) is 5.61. The number of hydrogen-bond acceptors (Lipinski definition) is 5. The zero-order chi connectivity index (χ0) is 12.1. The van der Waals surface area contributed by atoms with E-state index in [1.165, 1.54) is 0 Å². The Labute approximate surface area is 102 Å². The number of nitrogens with two attached hydrogens (primary N) is 1. The van der Waals surface area contributed by atoms with Crippen LogP contribution in [0.2, 0.25) is 0 Å². The Morgan fingerprint density at radius 2 is 2.31 bits per heavy atom. The summed E-state index contributed by atoms with van der Waals surface area (Å²) >= 11 is 3.24. The standard InChI is InChI=1S/C9H14BrN5O/c1-3-15(5-8(16)12-2)9-13-6(10)4-7(11)14-9/h4H,3,5H2,1-2H3,(H,12,16)(H2,11,13,14). The number of likely N-dealkylation sites (N-methyl/N-ethyl adjacent to an activating group) is 2. The molecule has 0 saturated carbocycles. The molecule has 0 aliphatic rings. The number of nitrogen functional groups attached to an aromatic ring is 1. The molecule has 1 amide bonds. The van der Waals surface area contributed by atoms with E-state index in [0.29, 0.717) is 22.9 Å². The second-order valence-electron chi connectivity index (χ2n) is 3.10. The van der Waals surface area contributed by atoms with Crippen molar-refractivity contribution in [1.29, 1.82) is 0 Å². The van der Waals surface area contributed by atoms with Gasteiger partial charge in [0, 0.05) is 19.7 Å². The van der Waals surface area contributed by atoms with E-state index >= 15 is 0 Å².